The molecule has 2 nitrogen and oxygen atoms in total. The van der Waals surface area contributed by atoms with Gasteiger partial charge in [-0.25, -0.2) is 4.39 Å². The SMILES string of the molecule is C=C(Br)COc1ccc(F)cc1CNCC(C)C. The van der Waals surface area contributed by atoms with Gasteiger partial charge in [-0.2, -0.15) is 0 Å². The van der Waals surface area contributed by atoms with Crippen molar-refractivity contribution in [3.05, 3.63) is 40.6 Å². The highest BCUT2D eigenvalue weighted by molar-refractivity contribution is 9.11. The van der Waals surface area contributed by atoms with Crippen LogP contribution in [0.4, 0.5) is 4.39 Å². The average Bonchev–Trinajstić information content (AvgIpc) is 2.27. The van der Waals surface area contributed by atoms with Gasteiger partial charge in [-0.3, -0.25) is 0 Å². The van der Waals surface area contributed by atoms with Crippen molar-refractivity contribution in [3.63, 3.8) is 0 Å². The third kappa shape index (κ3) is 5.65. The largest absolute Gasteiger partial charge is 0.488 e. The fourth-order valence-electron chi connectivity index (χ4n) is 1.48. The number of hydrogen-bond donors (Lipinski definition) is 1. The van der Waals surface area contributed by atoms with Gasteiger partial charge in [-0.05, 0) is 30.7 Å². The van der Waals surface area contributed by atoms with E-state index >= 15 is 0 Å². The molecule has 100 valence electrons. The van der Waals surface area contributed by atoms with E-state index < -0.39 is 0 Å². The summed E-state index contributed by atoms with van der Waals surface area (Å²) in [6.07, 6.45) is 0. The fourth-order valence-corrected chi connectivity index (χ4v) is 1.59. The van der Waals surface area contributed by atoms with Crippen LogP contribution in [-0.2, 0) is 6.54 Å². The zero-order valence-electron chi connectivity index (χ0n) is 10.8. The van der Waals surface area contributed by atoms with E-state index in [1.54, 1.807) is 6.07 Å². The quantitative estimate of drug-likeness (QED) is 0.825. The van der Waals surface area contributed by atoms with E-state index in [4.69, 9.17) is 4.74 Å². The van der Waals surface area contributed by atoms with E-state index in [0.717, 1.165) is 16.6 Å². The van der Waals surface area contributed by atoms with E-state index in [9.17, 15) is 4.39 Å². The maximum absolute atomic E-state index is 13.2. The van der Waals surface area contributed by atoms with Crippen molar-refractivity contribution in [3.8, 4) is 5.75 Å². The molecule has 0 radical (unpaired) electrons. The van der Waals surface area contributed by atoms with Crippen molar-refractivity contribution in [1.82, 2.24) is 5.32 Å². The van der Waals surface area contributed by atoms with Gasteiger partial charge in [0.2, 0.25) is 0 Å². The standard InChI is InChI=1S/C14H19BrFNO/c1-10(2)7-17-8-12-6-13(16)4-5-14(12)18-9-11(3)15/h4-6,10,17H,3,7-9H2,1-2H3. The highest BCUT2D eigenvalue weighted by Crippen LogP contribution is 2.20. The van der Waals surface area contributed by atoms with Crippen LogP contribution in [0.1, 0.15) is 19.4 Å². The highest BCUT2D eigenvalue weighted by atomic mass is 79.9. The molecule has 0 spiro atoms. The summed E-state index contributed by atoms with van der Waals surface area (Å²) in [5, 5.41) is 3.28. The van der Waals surface area contributed by atoms with Gasteiger partial charge in [0, 0.05) is 16.6 Å². The van der Waals surface area contributed by atoms with Crippen LogP contribution in [0.15, 0.2) is 29.3 Å². The molecule has 18 heavy (non-hydrogen) atoms. The number of nitrogens with one attached hydrogen (secondary N) is 1. The summed E-state index contributed by atoms with van der Waals surface area (Å²) in [7, 11) is 0. The van der Waals surface area contributed by atoms with Crippen molar-refractivity contribution in [2.75, 3.05) is 13.2 Å². The molecular formula is C14H19BrFNO. The molecule has 0 aliphatic heterocycles. The Hall–Kier alpha value is -0.870. The van der Waals surface area contributed by atoms with Crippen molar-refractivity contribution in [2.24, 2.45) is 5.92 Å². The summed E-state index contributed by atoms with van der Waals surface area (Å²) in [6.45, 7) is 9.83. The number of ether oxygens (including phenoxy) is 1. The van der Waals surface area contributed by atoms with Crippen LogP contribution in [-0.4, -0.2) is 13.2 Å². The summed E-state index contributed by atoms with van der Waals surface area (Å²) in [4.78, 5) is 0. The Morgan fingerprint density at radius 3 is 2.83 bits per heavy atom. The lowest BCUT2D eigenvalue weighted by Crippen LogP contribution is -2.19. The zero-order valence-corrected chi connectivity index (χ0v) is 12.4. The Kier molecular flexibility index (Phi) is 6.36. The Morgan fingerprint density at radius 2 is 2.22 bits per heavy atom. The molecule has 1 aromatic carbocycles. The molecule has 1 aromatic rings. The topological polar surface area (TPSA) is 21.3 Å². The third-order valence-corrected chi connectivity index (χ3v) is 2.50. The van der Waals surface area contributed by atoms with E-state index in [-0.39, 0.29) is 5.82 Å². The highest BCUT2D eigenvalue weighted by Gasteiger charge is 2.06. The van der Waals surface area contributed by atoms with Crippen LogP contribution < -0.4 is 10.1 Å². The fraction of sp³-hybridized carbons (Fsp3) is 0.429. The first kappa shape index (κ1) is 15.2. The van der Waals surface area contributed by atoms with Gasteiger partial charge in [-0.15, -0.1) is 0 Å². The Balaban J connectivity index is 2.67. The second-order valence-electron chi connectivity index (χ2n) is 4.58. The van der Waals surface area contributed by atoms with Crippen LogP contribution in [0.2, 0.25) is 0 Å². The van der Waals surface area contributed by atoms with E-state index in [0.29, 0.717) is 24.8 Å². The lowest BCUT2D eigenvalue weighted by atomic mass is 10.1. The Morgan fingerprint density at radius 1 is 1.50 bits per heavy atom. The van der Waals surface area contributed by atoms with Crippen LogP contribution in [0, 0.1) is 11.7 Å². The van der Waals surface area contributed by atoms with Crippen LogP contribution in [0.25, 0.3) is 0 Å². The van der Waals surface area contributed by atoms with Crippen LogP contribution in [0.3, 0.4) is 0 Å². The summed E-state index contributed by atoms with van der Waals surface area (Å²) >= 11 is 3.23. The minimum atomic E-state index is -0.249. The summed E-state index contributed by atoms with van der Waals surface area (Å²) < 4.78 is 19.5. The molecule has 0 bridgehead atoms. The first-order valence-corrected chi connectivity index (χ1v) is 6.73. The van der Waals surface area contributed by atoms with Gasteiger partial charge < -0.3 is 10.1 Å². The van der Waals surface area contributed by atoms with Gasteiger partial charge in [-0.1, -0.05) is 36.4 Å². The predicted molar refractivity (Wildman–Crippen MR) is 76.5 cm³/mol. The monoisotopic (exact) mass is 315 g/mol. The summed E-state index contributed by atoms with van der Waals surface area (Å²) in [6, 6.07) is 4.55. The maximum Gasteiger partial charge on any atom is 0.124 e. The second kappa shape index (κ2) is 7.54. The summed E-state index contributed by atoms with van der Waals surface area (Å²) in [5.74, 6) is 1.000. The van der Waals surface area contributed by atoms with Crippen molar-refractivity contribution in [2.45, 2.75) is 20.4 Å². The summed E-state index contributed by atoms with van der Waals surface area (Å²) in [5.41, 5.74) is 0.824. The number of rotatable bonds is 7. The van der Waals surface area contributed by atoms with Gasteiger partial charge in [0.15, 0.2) is 0 Å². The molecule has 0 aliphatic rings. The van der Waals surface area contributed by atoms with Gasteiger partial charge >= 0.3 is 0 Å². The molecule has 0 aromatic heterocycles. The van der Waals surface area contributed by atoms with E-state index in [1.807, 2.05) is 0 Å². The first-order valence-electron chi connectivity index (χ1n) is 5.94. The maximum atomic E-state index is 13.2. The molecule has 0 unspecified atom stereocenters. The van der Waals surface area contributed by atoms with Gasteiger partial charge in [0.05, 0.1) is 0 Å². The Labute approximate surface area is 116 Å². The molecule has 0 saturated carbocycles. The van der Waals surface area contributed by atoms with Crippen LogP contribution in [0.5, 0.6) is 5.75 Å². The van der Waals surface area contributed by atoms with Gasteiger partial charge in [0.25, 0.3) is 0 Å². The average molecular weight is 316 g/mol. The minimum absolute atomic E-state index is 0.249. The minimum Gasteiger partial charge on any atom is -0.488 e. The molecule has 1 rings (SSSR count). The molecule has 0 aliphatic carbocycles. The third-order valence-electron chi connectivity index (χ3n) is 2.27. The number of halogens is 2. The number of hydrogen-bond acceptors (Lipinski definition) is 2. The lowest BCUT2D eigenvalue weighted by molar-refractivity contribution is 0.354. The molecule has 0 heterocycles. The van der Waals surface area contributed by atoms with Crippen molar-refractivity contribution < 1.29 is 9.13 Å². The predicted octanol–water partition coefficient (Wildman–Crippen LogP) is 3.86. The molecule has 4 heteroatoms. The second-order valence-corrected chi connectivity index (χ2v) is 5.70. The van der Waals surface area contributed by atoms with Gasteiger partial charge in [0.1, 0.15) is 18.2 Å². The van der Waals surface area contributed by atoms with Crippen molar-refractivity contribution in [1.29, 1.82) is 0 Å². The smallest absolute Gasteiger partial charge is 0.124 e. The normalized spacial score (nSPS) is 10.7. The lowest BCUT2D eigenvalue weighted by Gasteiger charge is -2.13. The zero-order chi connectivity index (χ0) is 13.5. The molecule has 0 atom stereocenters. The van der Waals surface area contributed by atoms with Crippen LogP contribution >= 0.6 is 15.9 Å². The van der Waals surface area contributed by atoms with Crippen molar-refractivity contribution >= 4 is 15.9 Å². The number of benzene rings is 1. The Bertz CT molecular complexity index is 407. The molecule has 0 fully saturated rings. The molecule has 0 saturated heterocycles. The first-order chi connectivity index (χ1) is 8.49. The molecular weight excluding hydrogens is 297 g/mol. The molecule has 1 N–H and O–H groups in total. The van der Waals surface area contributed by atoms with E-state index in [1.165, 1.54) is 12.1 Å². The molecule has 0 amide bonds. The van der Waals surface area contributed by atoms with E-state index in [2.05, 4.69) is 41.7 Å².